The van der Waals surface area contributed by atoms with Crippen LogP contribution in [0.15, 0.2) is 57.9 Å². The molecule has 2 N–H and O–H groups in total. The summed E-state index contributed by atoms with van der Waals surface area (Å²) in [6.45, 7) is 1.97. The van der Waals surface area contributed by atoms with Gasteiger partial charge in [-0.05, 0) is 55.0 Å². The van der Waals surface area contributed by atoms with E-state index in [4.69, 9.17) is 0 Å². The van der Waals surface area contributed by atoms with Crippen molar-refractivity contribution < 1.29 is 9.59 Å². The largest absolute Gasteiger partial charge is 0.326 e. The zero-order valence-electron chi connectivity index (χ0n) is 13.3. The highest BCUT2D eigenvalue weighted by atomic mass is 79.9. The predicted molar refractivity (Wildman–Crippen MR) is 103 cm³/mol. The van der Waals surface area contributed by atoms with Gasteiger partial charge in [0.25, 0.3) is 0 Å². The molecule has 2 aromatic carbocycles. The van der Waals surface area contributed by atoms with Crippen LogP contribution in [-0.4, -0.2) is 17.6 Å². The van der Waals surface area contributed by atoms with Gasteiger partial charge in [-0.2, -0.15) is 0 Å². The third-order valence-electron chi connectivity index (χ3n) is 3.11. The van der Waals surface area contributed by atoms with Crippen molar-refractivity contribution in [2.45, 2.75) is 24.7 Å². The van der Waals surface area contributed by atoms with E-state index in [1.54, 1.807) is 0 Å². The molecule has 0 radical (unpaired) electrons. The van der Waals surface area contributed by atoms with Crippen LogP contribution in [0.25, 0.3) is 0 Å². The normalized spacial score (nSPS) is 10.2. The van der Waals surface area contributed by atoms with Crippen LogP contribution in [0.3, 0.4) is 0 Å². The molecule has 0 unspecified atom stereocenters. The van der Waals surface area contributed by atoms with Gasteiger partial charge in [-0.1, -0.05) is 22.9 Å². The number of anilines is 2. The number of hydrogen-bond donors (Lipinski definition) is 2. The summed E-state index contributed by atoms with van der Waals surface area (Å²) in [5.41, 5.74) is 1.55. The van der Waals surface area contributed by atoms with Crippen LogP contribution in [0.5, 0.6) is 0 Å². The summed E-state index contributed by atoms with van der Waals surface area (Å²) in [4.78, 5) is 24.5. The monoisotopic (exact) mass is 406 g/mol. The Kier molecular flexibility index (Phi) is 7.34. The third kappa shape index (κ3) is 6.37. The van der Waals surface area contributed by atoms with Crippen LogP contribution in [0, 0.1) is 0 Å². The molecule has 4 nitrogen and oxygen atoms in total. The van der Waals surface area contributed by atoms with Crippen LogP contribution in [0.1, 0.15) is 19.8 Å². The molecule has 0 aliphatic carbocycles. The Bertz CT molecular complexity index is 687. The van der Waals surface area contributed by atoms with Crippen molar-refractivity contribution in [3.05, 3.63) is 53.0 Å². The Hall–Kier alpha value is -1.79. The van der Waals surface area contributed by atoms with Crippen molar-refractivity contribution in [1.29, 1.82) is 0 Å². The summed E-state index contributed by atoms with van der Waals surface area (Å²) >= 11 is 4.81. The van der Waals surface area contributed by atoms with E-state index >= 15 is 0 Å². The predicted octanol–water partition coefficient (Wildman–Crippen LogP) is 4.92. The maximum atomic E-state index is 12.0. The third-order valence-corrected chi connectivity index (χ3v) is 4.65. The minimum atomic E-state index is -0.0531. The molecule has 24 heavy (non-hydrogen) atoms. The number of benzene rings is 2. The second kappa shape index (κ2) is 9.49. The van der Waals surface area contributed by atoms with E-state index in [1.165, 1.54) is 11.8 Å². The molecule has 0 bridgehead atoms. The van der Waals surface area contributed by atoms with Crippen molar-refractivity contribution >= 4 is 50.9 Å². The van der Waals surface area contributed by atoms with Crippen LogP contribution in [0.4, 0.5) is 11.4 Å². The SMILES string of the molecule is CCCC(=O)Nc1ccc(SCC(=O)Nc2ccc(Br)cc2)cc1. The lowest BCUT2D eigenvalue weighted by atomic mass is 10.3. The molecular weight excluding hydrogens is 388 g/mol. The molecule has 0 heterocycles. The maximum Gasteiger partial charge on any atom is 0.234 e. The molecule has 0 fully saturated rings. The van der Waals surface area contributed by atoms with Crippen molar-refractivity contribution in [2.75, 3.05) is 16.4 Å². The molecule has 126 valence electrons. The lowest BCUT2D eigenvalue weighted by molar-refractivity contribution is -0.116. The van der Waals surface area contributed by atoms with Crippen molar-refractivity contribution in [2.24, 2.45) is 0 Å². The zero-order chi connectivity index (χ0) is 17.4. The van der Waals surface area contributed by atoms with E-state index in [1.807, 2.05) is 55.5 Å². The quantitative estimate of drug-likeness (QED) is 0.641. The van der Waals surface area contributed by atoms with Gasteiger partial charge in [-0.15, -0.1) is 11.8 Å². The number of nitrogens with one attached hydrogen (secondary N) is 2. The second-order valence-corrected chi connectivity index (χ2v) is 7.13. The summed E-state index contributed by atoms with van der Waals surface area (Å²) < 4.78 is 0.973. The van der Waals surface area contributed by atoms with Crippen LogP contribution >= 0.6 is 27.7 Å². The van der Waals surface area contributed by atoms with E-state index in [2.05, 4.69) is 26.6 Å². The summed E-state index contributed by atoms with van der Waals surface area (Å²) in [5, 5.41) is 5.69. The second-order valence-electron chi connectivity index (χ2n) is 5.17. The highest BCUT2D eigenvalue weighted by Gasteiger charge is 2.05. The number of halogens is 1. The summed E-state index contributed by atoms with van der Waals surface area (Å²) in [6.07, 6.45) is 1.35. The van der Waals surface area contributed by atoms with Gasteiger partial charge >= 0.3 is 0 Å². The Morgan fingerprint density at radius 2 is 1.46 bits per heavy atom. The van der Waals surface area contributed by atoms with Gasteiger partial charge in [0, 0.05) is 27.2 Å². The van der Waals surface area contributed by atoms with E-state index < -0.39 is 0 Å². The topological polar surface area (TPSA) is 58.2 Å². The zero-order valence-corrected chi connectivity index (χ0v) is 15.7. The number of amides is 2. The first-order chi connectivity index (χ1) is 11.6. The van der Waals surface area contributed by atoms with E-state index in [0.29, 0.717) is 12.2 Å². The summed E-state index contributed by atoms with van der Waals surface area (Å²) in [5.74, 6) is 0.298. The Morgan fingerprint density at radius 1 is 0.917 bits per heavy atom. The Labute approximate surface area is 154 Å². The number of thioether (sulfide) groups is 1. The van der Waals surface area contributed by atoms with Gasteiger partial charge in [-0.3, -0.25) is 9.59 Å². The molecule has 2 rings (SSSR count). The summed E-state index contributed by atoms with van der Waals surface area (Å²) in [6, 6.07) is 15.0. The number of rotatable bonds is 7. The molecule has 6 heteroatoms. The molecule has 0 aliphatic rings. The molecule has 0 spiro atoms. The Balaban J connectivity index is 1.80. The van der Waals surface area contributed by atoms with Crippen molar-refractivity contribution in [3.8, 4) is 0 Å². The van der Waals surface area contributed by atoms with Crippen LogP contribution in [-0.2, 0) is 9.59 Å². The highest BCUT2D eigenvalue weighted by Crippen LogP contribution is 2.21. The first kappa shape index (κ1) is 18.5. The minimum absolute atomic E-state index is 0.0202. The molecule has 0 aliphatic heterocycles. The van der Waals surface area contributed by atoms with E-state index in [-0.39, 0.29) is 11.8 Å². The lowest BCUT2D eigenvalue weighted by Gasteiger charge is -2.07. The lowest BCUT2D eigenvalue weighted by Crippen LogP contribution is -2.13. The molecule has 0 aromatic heterocycles. The fourth-order valence-electron chi connectivity index (χ4n) is 1.96. The van der Waals surface area contributed by atoms with Crippen LogP contribution in [0.2, 0.25) is 0 Å². The molecule has 0 atom stereocenters. The van der Waals surface area contributed by atoms with Crippen molar-refractivity contribution in [1.82, 2.24) is 0 Å². The molecule has 2 amide bonds. The Morgan fingerprint density at radius 3 is 2.04 bits per heavy atom. The summed E-state index contributed by atoms with van der Waals surface area (Å²) in [7, 11) is 0. The van der Waals surface area contributed by atoms with Gasteiger partial charge in [0.15, 0.2) is 0 Å². The number of hydrogen-bond acceptors (Lipinski definition) is 3. The van der Waals surface area contributed by atoms with Gasteiger partial charge in [-0.25, -0.2) is 0 Å². The minimum Gasteiger partial charge on any atom is -0.326 e. The molecule has 2 aromatic rings. The van der Waals surface area contributed by atoms with E-state index in [9.17, 15) is 9.59 Å². The average Bonchev–Trinajstić information content (AvgIpc) is 2.56. The van der Waals surface area contributed by atoms with Gasteiger partial charge in [0.1, 0.15) is 0 Å². The first-order valence-corrected chi connectivity index (χ1v) is 9.43. The van der Waals surface area contributed by atoms with Gasteiger partial charge in [0.05, 0.1) is 5.75 Å². The van der Waals surface area contributed by atoms with Gasteiger partial charge < -0.3 is 10.6 Å². The number of carbonyl (C=O) groups excluding carboxylic acids is 2. The molecular formula is C18H19BrN2O2S. The van der Waals surface area contributed by atoms with Crippen LogP contribution < -0.4 is 10.6 Å². The highest BCUT2D eigenvalue weighted by molar-refractivity contribution is 9.10. The fraction of sp³-hybridized carbons (Fsp3) is 0.222. The van der Waals surface area contributed by atoms with E-state index in [0.717, 1.165) is 27.2 Å². The first-order valence-electron chi connectivity index (χ1n) is 7.65. The standard InChI is InChI=1S/C18H19BrN2O2S/c1-2-3-17(22)20-15-8-10-16(11-9-15)24-12-18(23)21-14-6-4-13(19)5-7-14/h4-11H,2-3,12H2,1H3,(H,20,22)(H,21,23). The maximum absolute atomic E-state index is 12.0. The number of carbonyl (C=O) groups is 2. The molecule has 0 saturated heterocycles. The smallest absolute Gasteiger partial charge is 0.234 e. The molecule has 0 saturated carbocycles. The average molecular weight is 407 g/mol. The fourth-order valence-corrected chi connectivity index (χ4v) is 2.93. The van der Waals surface area contributed by atoms with Gasteiger partial charge in [0.2, 0.25) is 11.8 Å². The van der Waals surface area contributed by atoms with Crippen molar-refractivity contribution in [3.63, 3.8) is 0 Å².